The third-order valence-electron chi connectivity index (χ3n) is 8.56. The molecule has 1 saturated heterocycles. The topological polar surface area (TPSA) is 139 Å². The van der Waals surface area contributed by atoms with Crippen molar-refractivity contribution in [2.24, 2.45) is 47.2 Å². The van der Waals surface area contributed by atoms with E-state index in [1.54, 1.807) is 19.1 Å². The molecule has 0 saturated carbocycles. The summed E-state index contributed by atoms with van der Waals surface area (Å²) in [5, 5.41) is 32.3. The lowest BCUT2D eigenvalue weighted by Crippen LogP contribution is -2.46. The predicted molar refractivity (Wildman–Crippen MR) is 163 cm³/mol. The maximum absolute atomic E-state index is 11.9. The highest BCUT2D eigenvalue weighted by atomic mass is 16.6. The Balaban J connectivity index is 2.69. The van der Waals surface area contributed by atoms with E-state index in [2.05, 4.69) is 6.58 Å². The molecule has 1 amide bonds. The molecule has 41 heavy (non-hydrogen) atoms. The number of amides is 1. The van der Waals surface area contributed by atoms with Crippen LogP contribution in [0.15, 0.2) is 48.6 Å². The van der Waals surface area contributed by atoms with Crippen molar-refractivity contribution in [1.29, 1.82) is 0 Å². The number of ether oxygens (including phenoxy) is 2. The zero-order valence-electron chi connectivity index (χ0n) is 26.3. The van der Waals surface area contributed by atoms with Gasteiger partial charge in [0.05, 0.1) is 24.2 Å². The smallest absolute Gasteiger partial charge is 0.404 e. The Morgan fingerprint density at radius 3 is 2.29 bits per heavy atom. The third-order valence-corrected chi connectivity index (χ3v) is 8.56. The average Bonchev–Trinajstić information content (AvgIpc) is 2.92. The Hall–Kier alpha value is -2.42. The van der Waals surface area contributed by atoms with Gasteiger partial charge < -0.3 is 30.5 Å². The van der Waals surface area contributed by atoms with Gasteiger partial charge in [0.2, 0.25) is 0 Å². The van der Waals surface area contributed by atoms with Gasteiger partial charge in [-0.3, -0.25) is 4.79 Å². The largest absolute Gasteiger partial charge is 0.462 e. The normalized spacial score (nSPS) is 27.9. The van der Waals surface area contributed by atoms with Crippen LogP contribution in [-0.4, -0.2) is 57.9 Å². The molecule has 0 aliphatic carbocycles. The van der Waals surface area contributed by atoms with Gasteiger partial charge in [0, 0.05) is 29.6 Å². The van der Waals surface area contributed by atoms with Crippen molar-refractivity contribution in [3.63, 3.8) is 0 Å². The summed E-state index contributed by atoms with van der Waals surface area (Å²) in [7, 11) is 0. The number of primary amides is 1. The van der Waals surface area contributed by atoms with Gasteiger partial charge in [-0.05, 0) is 39.0 Å². The fourth-order valence-electron chi connectivity index (χ4n) is 5.81. The highest BCUT2D eigenvalue weighted by Crippen LogP contribution is 2.30. The van der Waals surface area contributed by atoms with Gasteiger partial charge in [0.1, 0.15) is 12.2 Å². The fourth-order valence-corrected chi connectivity index (χ4v) is 5.81. The first kappa shape index (κ1) is 36.6. The minimum atomic E-state index is -0.872. The van der Waals surface area contributed by atoms with Crippen LogP contribution in [0.3, 0.4) is 0 Å². The first-order valence-corrected chi connectivity index (χ1v) is 15.0. The van der Waals surface area contributed by atoms with Crippen molar-refractivity contribution in [3.8, 4) is 0 Å². The van der Waals surface area contributed by atoms with Gasteiger partial charge in [0.25, 0.3) is 0 Å². The van der Waals surface area contributed by atoms with Crippen LogP contribution in [0.2, 0.25) is 0 Å². The molecule has 1 aliphatic rings. The fraction of sp³-hybridized carbons (Fsp3) is 0.697. The van der Waals surface area contributed by atoms with Gasteiger partial charge in [-0.1, -0.05) is 90.2 Å². The van der Waals surface area contributed by atoms with Crippen LogP contribution in [0.25, 0.3) is 0 Å². The summed E-state index contributed by atoms with van der Waals surface area (Å²) >= 11 is 0. The third kappa shape index (κ3) is 11.4. The number of esters is 1. The summed E-state index contributed by atoms with van der Waals surface area (Å²) in [5.41, 5.74) is 6.36. The van der Waals surface area contributed by atoms with E-state index in [4.69, 9.17) is 15.2 Å². The second-order valence-corrected chi connectivity index (χ2v) is 12.3. The number of hydrogen-bond donors (Lipinski definition) is 4. The standard InChI is InChI=1S/C33H55NO7/c1-10-11-14-21(4)31(41-33(34)39)25(8)29(36)23(6)18-19(2)17-22(5)28(35)20(3)15-12-13-16-27-24(7)30(37)26(9)32(38)40-27/h10-12,14-15,17,20-31,35-37H,1,13,16,18H2,2-9H3,(H2,34,39)/b14-11-,15-12-,19-17-/t20-,21-,22?,23-,24-,25-,26+,27-,28-,29+,30-,31-/m0/s1. The summed E-state index contributed by atoms with van der Waals surface area (Å²) in [6.07, 6.45) is 9.44. The second-order valence-electron chi connectivity index (χ2n) is 12.3. The number of nitrogens with two attached hydrogens (primary N) is 1. The SMILES string of the molecule is C=C/C=C\[C@H](C)[C@H](OC(N)=O)[C@@H](C)[C@H](O)[C@@H](C)C/C(C)=C\C(C)[C@@H](O)[C@@H](C)/C=C\CC[C@@H]1OC(=O)[C@H](C)[C@@H](O)[C@H]1C. The molecule has 5 N–H and O–H groups in total. The monoisotopic (exact) mass is 577 g/mol. The van der Waals surface area contributed by atoms with Gasteiger partial charge in [-0.25, -0.2) is 4.79 Å². The Labute approximate surface area is 247 Å². The number of aliphatic hydroxyl groups is 3. The van der Waals surface area contributed by atoms with E-state index in [0.717, 1.165) is 5.57 Å². The quantitative estimate of drug-likeness (QED) is 0.110. The molecule has 0 bridgehead atoms. The van der Waals surface area contributed by atoms with Crippen molar-refractivity contribution in [2.75, 3.05) is 0 Å². The van der Waals surface area contributed by atoms with Gasteiger partial charge in [0.15, 0.2) is 0 Å². The lowest BCUT2D eigenvalue weighted by Gasteiger charge is -2.36. The molecule has 0 aromatic rings. The van der Waals surface area contributed by atoms with Crippen molar-refractivity contribution in [2.45, 2.75) is 105 Å². The number of hydrogen-bond acceptors (Lipinski definition) is 7. The summed E-state index contributed by atoms with van der Waals surface area (Å²) < 4.78 is 10.9. The first-order valence-electron chi connectivity index (χ1n) is 15.0. The van der Waals surface area contributed by atoms with Crippen molar-refractivity contribution >= 4 is 12.1 Å². The van der Waals surface area contributed by atoms with Crippen LogP contribution >= 0.6 is 0 Å². The number of allylic oxidation sites excluding steroid dienone is 4. The van der Waals surface area contributed by atoms with E-state index in [9.17, 15) is 24.9 Å². The molecule has 0 radical (unpaired) electrons. The molecule has 12 atom stereocenters. The Morgan fingerprint density at radius 2 is 1.71 bits per heavy atom. The Bertz CT molecular complexity index is 929. The number of carbonyl (C=O) groups excluding carboxylic acids is 2. The van der Waals surface area contributed by atoms with E-state index >= 15 is 0 Å². The number of aliphatic hydroxyl groups excluding tert-OH is 3. The molecule has 0 aromatic carbocycles. The van der Waals surface area contributed by atoms with E-state index in [1.165, 1.54) is 0 Å². The van der Waals surface area contributed by atoms with Crippen molar-refractivity contribution in [1.82, 2.24) is 0 Å². The second kappa shape index (κ2) is 17.5. The molecule has 234 valence electrons. The van der Waals surface area contributed by atoms with Crippen molar-refractivity contribution < 1.29 is 34.4 Å². The van der Waals surface area contributed by atoms with Crippen LogP contribution in [0, 0.1) is 41.4 Å². The average molecular weight is 578 g/mol. The summed E-state index contributed by atoms with van der Waals surface area (Å²) in [6, 6.07) is 0. The van der Waals surface area contributed by atoms with E-state index < -0.39 is 36.4 Å². The summed E-state index contributed by atoms with van der Waals surface area (Å²) in [6.45, 7) is 18.9. The predicted octanol–water partition coefficient (Wildman–Crippen LogP) is 5.33. The number of cyclic esters (lactones) is 1. The van der Waals surface area contributed by atoms with Crippen LogP contribution < -0.4 is 5.73 Å². The number of carbonyl (C=O) groups is 2. The first-order chi connectivity index (χ1) is 19.1. The summed E-state index contributed by atoms with van der Waals surface area (Å²) in [4.78, 5) is 23.5. The molecule has 1 rings (SSSR count). The number of rotatable bonds is 16. The van der Waals surface area contributed by atoms with Crippen LogP contribution in [-0.2, 0) is 14.3 Å². The van der Waals surface area contributed by atoms with Crippen molar-refractivity contribution in [3.05, 3.63) is 48.6 Å². The molecular formula is C33H55NO7. The molecule has 8 nitrogen and oxygen atoms in total. The molecule has 0 aromatic heterocycles. The maximum atomic E-state index is 11.9. The maximum Gasteiger partial charge on any atom is 0.404 e. The highest BCUT2D eigenvalue weighted by Gasteiger charge is 2.40. The van der Waals surface area contributed by atoms with Gasteiger partial charge in [-0.15, -0.1) is 0 Å². The van der Waals surface area contributed by atoms with Gasteiger partial charge >= 0.3 is 12.1 Å². The van der Waals surface area contributed by atoms with Crippen LogP contribution in [0.1, 0.15) is 74.7 Å². The minimum absolute atomic E-state index is 0.0918. The highest BCUT2D eigenvalue weighted by molar-refractivity contribution is 5.73. The Morgan fingerprint density at radius 1 is 1.07 bits per heavy atom. The molecule has 1 unspecified atom stereocenters. The van der Waals surface area contributed by atoms with E-state index in [1.807, 2.05) is 72.8 Å². The lowest BCUT2D eigenvalue weighted by atomic mass is 9.81. The van der Waals surface area contributed by atoms with Crippen LogP contribution in [0.5, 0.6) is 0 Å². The molecule has 8 heteroatoms. The van der Waals surface area contributed by atoms with Crippen LogP contribution in [0.4, 0.5) is 4.79 Å². The molecule has 1 fully saturated rings. The zero-order valence-corrected chi connectivity index (χ0v) is 26.3. The lowest BCUT2D eigenvalue weighted by molar-refractivity contribution is -0.177. The molecule has 0 spiro atoms. The molecule has 1 aliphatic heterocycles. The minimum Gasteiger partial charge on any atom is -0.462 e. The van der Waals surface area contributed by atoms with E-state index in [0.29, 0.717) is 19.3 Å². The molecular weight excluding hydrogens is 522 g/mol. The van der Waals surface area contributed by atoms with Gasteiger partial charge in [-0.2, -0.15) is 0 Å². The Kier molecular flexibility index (Phi) is 15.6. The molecule has 1 heterocycles. The zero-order chi connectivity index (χ0) is 31.4. The van der Waals surface area contributed by atoms with E-state index in [-0.39, 0.29) is 47.6 Å². The summed E-state index contributed by atoms with van der Waals surface area (Å²) in [5.74, 6) is -1.79.